The third kappa shape index (κ3) is 4.55. The highest BCUT2D eigenvalue weighted by molar-refractivity contribution is 5.26. The fraction of sp³-hybridized carbons (Fsp3) is 0.684. The Balaban J connectivity index is 1.87. The number of hydrogen-bond donors (Lipinski definition) is 2. The molecule has 3 unspecified atom stereocenters. The maximum Gasteiger partial charge on any atom is 0.0462 e. The van der Waals surface area contributed by atoms with Gasteiger partial charge in [-0.25, -0.2) is 0 Å². The maximum atomic E-state index is 9.50. The maximum absolute atomic E-state index is 9.50. The molecule has 118 valence electrons. The van der Waals surface area contributed by atoms with Crippen molar-refractivity contribution in [2.45, 2.75) is 58.4 Å². The van der Waals surface area contributed by atoms with Gasteiger partial charge >= 0.3 is 0 Å². The predicted octanol–water partition coefficient (Wildman–Crippen LogP) is 4.26. The van der Waals surface area contributed by atoms with Crippen LogP contribution in [0, 0.1) is 11.8 Å². The molecule has 0 aromatic heterocycles. The molecular weight excluding hydrogens is 258 g/mol. The van der Waals surface area contributed by atoms with E-state index in [0.717, 1.165) is 6.54 Å². The number of nitrogens with one attached hydrogen (secondary N) is 1. The van der Waals surface area contributed by atoms with Gasteiger partial charge in [0.2, 0.25) is 0 Å². The van der Waals surface area contributed by atoms with Crippen LogP contribution in [0.2, 0.25) is 0 Å². The van der Waals surface area contributed by atoms with E-state index in [1.54, 1.807) is 0 Å². The van der Waals surface area contributed by atoms with Gasteiger partial charge in [0.1, 0.15) is 0 Å². The van der Waals surface area contributed by atoms with Crippen molar-refractivity contribution in [2.24, 2.45) is 11.8 Å². The molecule has 2 heteroatoms. The van der Waals surface area contributed by atoms with Gasteiger partial charge in [-0.15, -0.1) is 0 Å². The van der Waals surface area contributed by atoms with Gasteiger partial charge in [-0.1, -0.05) is 51.0 Å². The smallest absolute Gasteiger partial charge is 0.0462 e. The van der Waals surface area contributed by atoms with Crippen LogP contribution in [0.15, 0.2) is 24.3 Å². The lowest BCUT2D eigenvalue weighted by atomic mass is 9.79. The Bertz CT molecular complexity index is 412. The predicted molar refractivity (Wildman–Crippen MR) is 89.5 cm³/mol. The van der Waals surface area contributed by atoms with Crippen LogP contribution in [0.1, 0.15) is 69.5 Å². The van der Waals surface area contributed by atoms with Crippen molar-refractivity contribution < 1.29 is 5.11 Å². The molecule has 0 bridgehead atoms. The average molecular weight is 289 g/mol. The van der Waals surface area contributed by atoms with Crippen LogP contribution in [0.4, 0.5) is 0 Å². The van der Waals surface area contributed by atoms with E-state index in [2.05, 4.69) is 50.4 Å². The van der Waals surface area contributed by atoms with E-state index in [1.165, 1.54) is 36.8 Å². The molecule has 1 aliphatic carbocycles. The molecule has 0 spiro atoms. The van der Waals surface area contributed by atoms with E-state index < -0.39 is 0 Å². The highest BCUT2D eigenvalue weighted by Crippen LogP contribution is 2.29. The third-order valence-corrected chi connectivity index (χ3v) is 5.09. The number of aliphatic hydroxyl groups is 1. The lowest BCUT2D eigenvalue weighted by Crippen LogP contribution is -2.33. The molecule has 1 saturated carbocycles. The van der Waals surface area contributed by atoms with Crippen molar-refractivity contribution in [3.8, 4) is 0 Å². The molecular formula is C19H31NO. The van der Waals surface area contributed by atoms with E-state index >= 15 is 0 Å². The molecule has 2 rings (SSSR count). The molecule has 0 aliphatic heterocycles. The van der Waals surface area contributed by atoms with Crippen molar-refractivity contribution >= 4 is 0 Å². The summed E-state index contributed by atoms with van der Waals surface area (Å²) in [4.78, 5) is 0. The van der Waals surface area contributed by atoms with Crippen LogP contribution in [0.5, 0.6) is 0 Å². The third-order valence-electron chi connectivity index (χ3n) is 5.09. The number of hydrogen-bond acceptors (Lipinski definition) is 2. The average Bonchev–Trinajstić information content (AvgIpc) is 2.52. The first-order valence-corrected chi connectivity index (χ1v) is 8.56. The SMILES string of the molecule is CC(C)c1ccc(C(C)NCC2CCCCC2CO)cc1. The summed E-state index contributed by atoms with van der Waals surface area (Å²) in [6, 6.07) is 9.37. The van der Waals surface area contributed by atoms with Crippen LogP contribution >= 0.6 is 0 Å². The minimum atomic E-state index is 0.351. The summed E-state index contributed by atoms with van der Waals surface area (Å²) >= 11 is 0. The van der Waals surface area contributed by atoms with Crippen molar-refractivity contribution in [1.82, 2.24) is 5.32 Å². The lowest BCUT2D eigenvalue weighted by molar-refractivity contribution is 0.131. The number of aliphatic hydroxyl groups excluding tert-OH is 1. The standard InChI is InChI=1S/C19H31NO/c1-14(2)16-8-10-17(11-9-16)15(3)20-12-18-6-4-5-7-19(18)13-21/h8-11,14-15,18-21H,4-7,12-13H2,1-3H3. The fourth-order valence-electron chi connectivity index (χ4n) is 3.41. The Morgan fingerprint density at radius 3 is 2.14 bits per heavy atom. The Morgan fingerprint density at radius 2 is 1.57 bits per heavy atom. The van der Waals surface area contributed by atoms with E-state index in [4.69, 9.17) is 0 Å². The molecule has 0 radical (unpaired) electrons. The summed E-state index contributed by atoms with van der Waals surface area (Å²) in [5, 5.41) is 13.2. The van der Waals surface area contributed by atoms with E-state index in [0.29, 0.717) is 30.4 Å². The summed E-state index contributed by atoms with van der Waals surface area (Å²) in [7, 11) is 0. The second-order valence-electron chi connectivity index (χ2n) is 6.94. The molecule has 0 saturated heterocycles. The first-order valence-electron chi connectivity index (χ1n) is 8.56. The Kier molecular flexibility index (Phi) is 6.25. The zero-order chi connectivity index (χ0) is 15.2. The van der Waals surface area contributed by atoms with E-state index in [1.807, 2.05) is 0 Å². The van der Waals surface area contributed by atoms with E-state index in [-0.39, 0.29) is 0 Å². The molecule has 1 fully saturated rings. The van der Waals surface area contributed by atoms with Crippen LogP contribution < -0.4 is 5.32 Å². The summed E-state index contributed by atoms with van der Waals surface area (Å²) in [6.07, 6.45) is 5.06. The molecule has 1 aromatic rings. The molecule has 0 heterocycles. The topological polar surface area (TPSA) is 32.3 Å². The first-order chi connectivity index (χ1) is 10.1. The molecule has 0 amide bonds. The summed E-state index contributed by atoms with van der Waals surface area (Å²) in [5.41, 5.74) is 2.76. The Labute approximate surface area is 130 Å². The normalized spacial score (nSPS) is 24.2. The fourth-order valence-corrected chi connectivity index (χ4v) is 3.41. The molecule has 2 nitrogen and oxygen atoms in total. The highest BCUT2D eigenvalue weighted by Gasteiger charge is 2.24. The highest BCUT2D eigenvalue weighted by atomic mass is 16.3. The van der Waals surface area contributed by atoms with Crippen molar-refractivity contribution in [3.63, 3.8) is 0 Å². The van der Waals surface area contributed by atoms with Gasteiger partial charge in [-0.05, 0) is 55.2 Å². The minimum absolute atomic E-state index is 0.351. The zero-order valence-electron chi connectivity index (χ0n) is 13.8. The molecule has 21 heavy (non-hydrogen) atoms. The van der Waals surface area contributed by atoms with Gasteiger partial charge in [-0.2, -0.15) is 0 Å². The van der Waals surface area contributed by atoms with Crippen molar-refractivity contribution in [2.75, 3.05) is 13.2 Å². The van der Waals surface area contributed by atoms with Crippen LogP contribution in [-0.2, 0) is 0 Å². The summed E-state index contributed by atoms with van der Waals surface area (Å²) in [5.74, 6) is 1.73. The van der Waals surface area contributed by atoms with Crippen molar-refractivity contribution in [3.05, 3.63) is 35.4 Å². The van der Waals surface area contributed by atoms with Gasteiger partial charge in [0, 0.05) is 12.6 Å². The molecule has 2 N–H and O–H groups in total. The number of rotatable bonds is 6. The van der Waals surface area contributed by atoms with Gasteiger partial charge in [0.15, 0.2) is 0 Å². The molecule has 3 atom stereocenters. The van der Waals surface area contributed by atoms with Crippen LogP contribution in [0.25, 0.3) is 0 Å². The Hall–Kier alpha value is -0.860. The second kappa shape index (κ2) is 7.95. The minimum Gasteiger partial charge on any atom is -0.396 e. The monoisotopic (exact) mass is 289 g/mol. The van der Waals surface area contributed by atoms with Gasteiger partial charge < -0.3 is 10.4 Å². The summed E-state index contributed by atoms with van der Waals surface area (Å²) < 4.78 is 0. The molecule has 1 aromatic carbocycles. The first kappa shape index (κ1) is 16.5. The van der Waals surface area contributed by atoms with Crippen molar-refractivity contribution in [1.29, 1.82) is 0 Å². The zero-order valence-corrected chi connectivity index (χ0v) is 13.8. The van der Waals surface area contributed by atoms with E-state index in [9.17, 15) is 5.11 Å². The second-order valence-corrected chi connectivity index (χ2v) is 6.94. The Morgan fingerprint density at radius 1 is 1.00 bits per heavy atom. The summed E-state index contributed by atoms with van der Waals surface area (Å²) in [6.45, 7) is 8.08. The molecule has 1 aliphatic rings. The lowest BCUT2D eigenvalue weighted by Gasteiger charge is -2.31. The quantitative estimate of drug-likeness (QED) is 0.820. The number of benzene rings is 1. The van der Waals surface area contributed by atoms with Crippen LogP contribution in [0.3, 0.4) is 0 Å². The van der Waals surface area contributed by atoms with Gasteiger partial charge in [-0.3, -0.25) is 0 Å². The van der Waals surface area contributed by atoms with Crippen LogP contribution in [-0.4, -0.2) is 18.3 Å². The van der Waals surface area contributed by atoms with Gasteiger partial charge in [0.25, 0.3) is 0 Å². The van der Waals surface area contributed by atoms with Gasteiger partial charge in [0.05, 0.1) is 0 Å². The largest absolute Gasteiger partial charge is 0.396 e.